The molecule has 1 amide bonds. The predicted molar refractivity (Wildman–Crippen MR) is 65.0 cm³/mol. The van der Waals surface area contributed by atoms with Gasteiger partial charge in [-0.2, -0.15) is 0 Å². The molecule has 6 heteroatoms. The Bertz CT molecular complexity index is 419. The summed E-state index contributed by atoms with van der Waals surface area (Å²) >= 11 is 3.16. The van der Waals surface area contributed by atoms with Gasteiger partial charge in [-0.3, -0.25) is 4.79 Å². The van der Waals surface area contributed by atoms with Crippen LogP contribution in [0.1, 0.15) is 31.3 Å². The zero-order valence-corrected chi connectivity index (χ0v) is 11.5. The van der Waals surface area contributed by atoms with E-state index < -0.39 is 11.7 Å². The lowest BCUT2D eigenvalue weighted by atomic mass is 10.2. The summed E-state index contributed by atoms with van der Waals surface area (Å²) in [5, 5.41) is 2.36. The molecule has 1 heterocycles. The Morgan fingerprint density at radius 3 is 2.59 bits per heavy atom. The molecule has 5 nitrogen and oxygen atoms in total. The molecule has 0 unspecified atom stereocenters. The molecule has 1 aromatic heterocycles. The Balaban J connectivity index is 2.45. The van der Waals surface area contributed by atoms with Crippen LogP contribution in [0.5, 0.6) is 0 Å². The second-order valence-corrected chi connectivity index (χ2v) is 5.23. The maximum Gasteiger partial charge on any atom is 0.408 e. The van der Waals surface area contributed by atoms with Crippen LogP contribution in [0.2, 0.25) is 0 Å². The van der Waals surface area contributed by atoms with Crippen molar-refractivity contribution in [1.82, 2.24) is 5.32 Å². The normalized spacial score (nSPS) is 11.1. The summed E-state index contributed by atoms with van der Waals surface area (Å²) in [6.07, 6.45) is 0.763. The molecule has 0 radical (unpaired) electrons. The summed E-state index contributed by atoms with van der Waals surface area (Å²) in [6.45, 7) is 5.08. The smallest absolute Gasteiger partial charge is 0.408 e. The molecule has 0 saturated heterocycles. The quantitative estimate of drug-likeness (QED) is 0.872. The monoisotopic (exact) mass is 303 g/mol. The summed E-state index contributed by atoms with van der Waals surface area (Å²) < 4.78 is 10.5. The highest BCUT2D eigenvalue weighted by Gasteiger charge is 2.18. The Kier molecular flexibility index (Phi) is 4.34. The first-order valence-electron chi connectivity index (χ1n) is 5.02. The van der Waals surface area contributed by atoms with Crippen LogP contribution in [0.25, 0.3) is 0 Å². The number of halogens is 1. The van der Waals surface area contributed by atoms with Crippen molar-refractivity contribution in [3.63, 3.8) is 0 Å². The van der Waals surface area contributed by atoms with Crippen molar-refractivity contribution in [2.24, 2.45) is 0 Å². The lowest BCUT2D eigenvalue weighted by Crippen LogP contribution is -2.35. The van der Waals surface area contributed by atoms with E-state index in [9.17, 15) is 9.59 Å². The summed E-state index contributed by atoms with van der Waals surface area (Å²) in [5.74, 6) is -0.145. The van der Waals surface area contributed by atoms with Crippen molar-refractivity contribution in [3.8, 4) is 0 Å². The fourth-order valence-electron chi connectivity index (χ4n) is 1.04. The van der Waals surface area contributed by atoms with Crippen LogP contribution in [-0.2, 0) is 4.74 Å². The van der Waals surface area contributed by atoms with Gasteiger partial charge in [0, 0.05) is 0 Å². The Labute approximate surface area is 108 Å². The third-order valence-electron chi connectivity index (χ3n) is 1.66. The molecule has 0 aliphatic carbocycles. The number of alkyl carbamates (subject to hydrolysis) is 1. The van der Waals surface area contributed by atoms with Gasteiger partial charge in [-0.1, -0.05) is 0 Å². The molecule has 0 fully saturated rings. The van der Waals surface area contributed by atoms with Crippen molar-refractivity contribution in [2.45, 2.75) is 26.4 Å². The molecule has 0 aromatic carbocycles. The molecular weight excluding hydrogens is 290 g/mol. The number of Topliss-reactive ketones (excluding diaryl/α,β-unsaturated/α-hetero) is 1. The first-order valence-corrected chi connectivity index (χ1v) is 5.82. The van der Waals surface area contributed by atoms with Gasteiger partial charge in [-0.25, -0.2) is 4.79 Å². The van der Waals surface area contributed by atoms with Crippen LogP contribution in [-0.4, -0.2) is 24.0 Å². The first kappa shape index (κ1) is 13.8. The summed E-state index contributed by atoms with van der Waals surface area (Å²) in [4.78, 5) is 22.9. The van der Waals surface area contributed by atoms with E-state index in [1.807, 2.05) is 0 Å². The van der Waals surface area contributed by atoms with E-state index in [0.717, 1.165) is 0 Å². The second-order valence-electron chi connectivity index (χ2n) is 4.38. The minimum atomic E-state index is -0.631. The Morgan fingerprint density at radius 1 is 1.47 bits per heavy atom. The SMILES string of the molecule is CC(C)(C)OC(=O)NCC(=O)c1occc1Br. The van der Waals surface area contributed by atoms with Crippen molar-refractivity contribution < 1.29 is 18.7 Å². The molecule has 1 rings (SSSR count). The van der Waals surface area contributed by atoms with Crippen LogP contribution in [0.3, 0.4) is 0 Å². The van der Waals surface area contributed by atoms with Gasteiger partial charge in [0.05, 0.1) is 17.3 Å². The summed E-state index contributed by atoms with van der Waals surface area (Å²) in [6, 6.07) is 1.61. The molecule has 0 saturated carbocycles. The molecule has 0 aliphatic heterocycles. The highest BCUT2D eigenvalue weighted by Crippen LogP contribution is 2.17. The number of ketones is 1. The van der Waals surface area contributed by atoms with E-state index >= 15 is 0 Å². The highest BCUT2D eigenvalue weighted by molar-refractivity contribution is 9.10. The maximum atomic E-state index is 11.6. The summed E-state index contributed by atoms with van der Waals surface area (Å²) in [7, 11) is 0. The van der Waals surface area contributed by atoms with E-state index in [1.54, 1.807) is 26.8 Å². The number of ether oxygens (including phenoxy) is 1. The molecule has 94 valence electrons. The molecule has 1 N–H and O–H groups in total. The Hall–Kier alpha value is -1.30. The number of hydrogen-bond acceptors (Lipinski definition) is 4. The van der Waals surface area contributed by atoms with Crippen molar-refractivity contribution >= 4 is 27.8 Å². The Morgan fingerprint density at radius 2 is 2.12 bits per heavy atom. The minimum Gasteiger partial charge on any atom is -0.460 e. The van der Waals surface area contributed by atoms with Gasteiger partial charge in [0.25, 0.3) is 0 Å². The number of nitrogens with one attached hydrogen (secondary N) is 1. The third-order valence-corrected chi connectivity index (χ3v) is 2.29. The van der Waals surface area contributed by atoms with E-state index in [2.05, 4.69) is 21.2 Å². The zero-order valence-electron chi connectivity index (χ0n) is 9.87. The molecular formula is C11H14BrNO4. The first-order chi connectivity index (χ1) is 7.79. The largest absolute Gasteiger partial charge is 0.460 e. The number of amides is 1. The molecule has 0 bridgehead atoms. The van der Waals surface area contributed by atoms with E-state index in [1.165, 1.54) is 6.26 Å². The van der Waals surface area contributed by atoms with Crippen molar-refractivity contribution in [1.29, 1.82) is 0 Å². The van der Waals surface area contributed by atoms with Gasteiger partial charge in [-0.05, 0) is 42.8 Å². The van der Waals surface area contributed by atoms with Gasteiger partial charge in [0.15, 0.2) is 5.76 Å². The summed E-state index contributed by atoms with van der Waals surface area (Å²) in [5.41, 5.74) is -0.585. The van der Waals surface area contributed by atoms with Gasteiger partial charge in [0.2, 0.25) is 5.78 Å². The average molecular weight is 304 g/mol. The van der Waals surface area contributed by atoms with Crippen LogP contribution >= 0.6 is 15.9 Å². The highest BCUT2D eigenvalue weighted by atomic mass is 79.9. The van der Waals surface area contributed by atoms with Gasteiger partial charge in [-0.15, -0.1) is 0 Å². The maximum absolute atomic E-state index is 11.6. The number of hydrogen-bond donors (Lipinski definition) is 1. The number of carbonyl (C=O) groups is 2. The van der Waals surface area contributed by atoms with Crippen LogP contribution < -0.4 is 5.32 Å². The average Bonchev–Trinajstić information content (AvgIpc) is 2.58. The lowest BCUT2D eigenvalue weighted by Gasteiger charge is -2.19. The molecule has 0 atom stereocenters. The predicted octanol–water partition coefficient (Wildman–Crippen LogP) is 2.75. The van der Waals surface area contributed by atoms with Crippen LogP contribution in [0, 0.1) is 0 Å². The van der Waals surface area contributed by atoms with Crippen molar-refractivity contribution in [3.05, 3.63) is 22.6 Å². The molecule has 0 spiro atoms. The topological polar surface area (TPSA) is 68.5 Å². The molecule has 0 aliphatic rings. The molecule has 17 heavy (non-hydrogen) atoms. The van der Waals surface area contributed by atoms with Crippen molar-refractivity contribution in [2.75, 3.05) is 6.54 Å². The minimum absolute atomic E-state index is 0.166. The van der Waals surface area contributed by atoms with Gasteiger partial charge < -0.3 is 14.5 Å². The third kappa shape index (κ3) is 4.60. The van der Waals surface area contributed by atoms with Gasteiger partial charge in [0.1, 0.15) is 5.60 Å². The van der Waals surface area contributed by atoms with E-state index in [4.69, 9.17) is 9.15 Å². The van der Waals surface area contributed by atoms with Gasteiger partial charge >= 0.3 is 6.09 Å². The number of furan rings is 1. The fraction of sp³-hybridized carbons (Fsp3) is 0.455. The second kappa shape index (κ2) is 5.35. The fourth-order valence-corrected chi connectivity index (χ4v) is 1.46. The zero-order chi connectivity index (χ0) is 13.1. The number of rotatable bonds is 3. The van der Waals surface area contributed by atoms with Crippen LogP contribution in [0.4, 0.5) is 4.79 Å². The lowest BCUT2D eigenvalue weighted by molar-refractivity contribution is 0.0519. The standard InChI is InChI=1S/C11H14BrNO4/c1-11(2,3)17-10(15)13-6-8(14)9-7(12)4-5-16-9/h4-5H,6H2,1-3H3,(H,13,15). The van der Waals surface area contributed by atoms with E-state index in [-0.39, 0.29) is 18.1 Å². The molecule has 1 aromatic rings. The van der Waals surface area contributed by atoms with Crippen LogP contribution in [0.15, 0.2) is 21.2 Å². The number of carbonyl (C=O) groups excluding carboxylic acids is 2. The van der Waals surface area contributed by atoms with E-state index in [0.29, 0.717) is 4.47 Å².